The molecule has 1 aromatic carbocycles. The molecule has 8 heteroatoms. The van der Waals surface area contributed by atoms with Crippen molar-refractivity contribution in [1.29, 1.82) is 0 Å². The molecule has 0 radical (unpaired) electrons. The van der Waals surface area contributed by atoms with Gasteiger partial charge in [0.1, 0.15) is 5.82 Å². The molecule has 1 fully saturated rings. The number of amidine groups is 1. The van der Waals surface area contributed by atoms with E-state index in [4.69, 9.17) is 11.6 Å². The summed E-state index contributed by atoms with van der Waals surface area (Å²) in [6, 6.07) is 3.27. The van der Waals surface area contributed by atoms with Crippen LogP contribution in [0.15, 0.2) is 23.2 Å². The number of nitrogens with zero attached hydrogens (tertiary/aromatic N) is 2. The molecular formula is C11H9ClFN3O2S. The van der Waals surface area contributed by atoms with Gasteiger partial charge in [-0.1, -0.05) is 29.4 Å². The molecule has 0 atom stereocenters. The van der Waals surface area contributed by atoms with Gasteiger partial charge in [0.15, 0.2) is 5.17 Å². The van der Waals surface area contributed by atoms with Crippen LogP contribution in [0.1, 0.15) is 0 Å². The number of benzene rings is 1. The number of rotatable bonds is 1. The molecular weight excluding hydrogens is 293 g/mol. The molecule has 1 saturated heterocycles. The van der Waals surface area contributed by atoms with Crippen molar-refractivity contribution >= 4 is 46.2 Å². The molecule has 100 valence electrons. The lowest BCUT2D eigenvalue weighted by Crippen LogP contribution is -2.25. The maximum atomic E-state index is 13.4. The van der Waals surface area contributed by atoms with Crippen LogP contribution < -0.4 is 5.32 Å². The van der Waals surface area contributed by atoms with Crippen LogP contribution in [-0.2, 0) is 4.79 Å². The number of nitrogens with one attached hydrogen (secondary N) is 1. The van der Waals surface area contributed by atoms with E-state index >= 15 is 0 Å². The summed E-state index contributed by atoms with van der Waals surface area (Å²) in [5, 5.41) is 2.61. The van der Waals surface area contributed by atoms with E-state index in [0.29, 0.717) is 0 Å². The quantitative estimate of drug-likeness (QED) is 0.867. The Kier molecular flexibility index (Phi) is 4.06. The molecule has 1 N–H and O–H groups in total. The number of amides is 3. The molecule has 19 heavy (non-hydrogen) atoms. The lowest BCUT2D eigenvalue weighted by molar-refractivity contribution is -0.123. The highest BCUT2D eigenvalue weighted by Gasteiger charge is 2.25. The monoisotopic (exact) mass is 301 g/mol. The summed E-state index contributed by atoms with van der Waals surface area (Å²) in [6.07, 6.45) is 0. The Labute approximate surface area is 117 Å². The summed E-state index contributed by atoms with van der Waals surface area (Å²) in [5.74, 6) is -0.548. The van der Waals surface area contributed by atoms with Gasteiger partial charge in [-0.15, -0.1) is 0 Å². The van der Waals surface area contributed by atoms with E-state index < -0.39 is 11.8 Å². The third-order valence-electron chi connectivity index (χ3n) is 2.38. The van der Waals surface area contributed by atoms with Gasteiger partial charge >= 0.3 is 6.03 Å². The first-order valence-corrected chi connectivity index (χ1v) is 6.58. The number of thioether (sulfide) groups is 1. The summed E-state index contributed by atoms with van der Waals surface area (Å²) in [7, 11) is 1.52. The van der Waals surface area contributed by atoms with E-state index in [2.05, 4.69) is 10.3 Å². The van der Waals surface area contributed by atoms with Gasteiger partial charge in [-0.25, -0.2) is 9.18 Å². The number of urea groups is 1. The normalized spacial score (nSPS) is 17.1. The fraction of sp³-hybridized carbons (Fsp3) is 0.182. The molecule has 0 unspecified atom stereocenters. The number of hydrogen-bond donors (Lipinski definition) is 1. The molecule has 0 saturated carbocycles. The smallest absolute Gasteiger partial charge is 0.302 e. The number of anilines is 1. The number of aliphatic imine (C=N–C) groups is 1. The number of hydrogen-bond acceptors (Lipinski definition) is 3. The largest absolute Gasteiger partial charge is 0.347 e. The Morgan fingerprint density at radius 1 is 1.58 bits per heavy atom. The molecule has 3 amide bonds. The van der Waals surface area contributed by atoms with E-state index in [9.17, 15) is 14.0 Å². The molecule has 1 aliphatic rings. The van der Waals surface area contributed by atoms with Crippen molar-refractivity contribution in [2.75, 3.05) is 18.1 Å². The highest BCUT2D eigenvalue weighted by atomic mass is 35.5. The first-order chi connectivity index (χ1) is 8.99. The fourth-order valence-electron chi connectivity index (χ4n) is 1.37. The molecule has 5 nitrogen and oxygen atoms in total. The Morgan fingerprint density at radius 3 is 2.89 bits per heavy atom. The topological polar surface area (TPSA) is 61.8 Å². The number of halogens is 2. The summed E-state index contributed by atoms with van der Waals surface area (Å²) in [6.45, 7) is 0. The van der Waals surface area contributed by atoms with Crippen molar-refractivity contribution in [3.63, 3.8) is 0 Å². The minimum Gasteiger partial charge on any atom is -0.302 e. The minimum atomic E-state index is -0.781. The predicted molar refractivity (Wildman–Crippen MR) is 73.1 cm³/mol. The molecule has 0 bridgehead atoms. The third kappa shape index (κ3) is 3.05. The highest BCUT2D eigenvalue weighted by Crippen LogP contribution is 2.25. The first kappa shape index (κ1) is 13.8. The van der Waals surface area contributed by atoms with E-state index in [1.54, 1.807) is 0 Å². The summed E-state index contributed by atoms with van der Waals surface area (Å²) < 4.78 is 13.4. The van der Waals surface area contributed by atoms with Crippen LogP contribution in [0, 0.1) is 5.82 Å². The zero-order chi connectivity index (χ0) is 14.0. The van der Waals surface area contributed by atoms with Crippen molar-refractivity contribution in [2.24, 2.45) is 4.99 Å². The number of carbonyl (C=O) groups is 2. The zero-order valence-corrected chi connectivity index (χ0v) is 11.4. The highest BCUT2D eigenvalue weighted by molar-refractivity contribution is 8.15. The molecule has 1 aromatic rings. The number of para-hydroxylation sites is 1. The fourth-order valence-corrected chi connectivity index (χ4v) is 2.47. The Balaban J connectivity index is 2.14. The van der Waals surface area contributed by atoms with Crippen LogP contribution in [0.25, 0.3) is 0 Å². The second-order valence-corrected chi connectivity index (χ2v) is 5.01. The van der Waals surface area contributed by atoms with Gasteiger partial charge in [-0.3, -0.25) is 9.69 Å². The van der Waals surface area contributed by atoms with Gasteiger partial charge in [0.05, 0.1) is 16.5 Å². The molecule has 0 aliphatic carbocycles. The van der Waals surface area contributed by atoms with Crippen LogP contribution in [-0.4, -0.2) is 34.8 Å². The summed E-state index contributed by atoms with van der Waals surface area (Å²) >= 11 is 6.91. The maximum Gasteiger partial charge on any atom is 0.347 e. The Bertz CT molecular complexity index is 559. The molecule has 1 heterocycles. The van der Waals surface area contributed by atoms with Crippen molar-refractivity contribution < 1.29 is 14.0 Å². The van der Waals surface area contributed by atoms with Crippen LogP contribution in [0.4, 0.5) is 14.9 Å². The van der Waals surface area contributed by atoms with E-state index in [1.165, 1.54) is 30.1 Å². The zero-order valence-electron chi connectivity index (χ0n) is 9.81. The van der Waals surface area contributed by atoms with Gasteiger partial charge < -0.3 is 5.32 Å². The van der Waals surface area contributed by atoms with Crippen molar-refractivity contribution in [1.82, 2.24) is 4.90 Å². The maximum absolute atomic E-state index is 13.4. The average molecular weight is 302 g/mol. The van der Waals surface area contributed by atoms with Gasteiger partial charge in [0, 0.05) is 7.05 Å². The van der Waals surface area contributed by atoms with Gasteiger partial charge in [0.2, 0.25) is 5.91 Å². The average Bonchev–Trinajstić information content (AvgIpc) is 2.66. The number of carbonyl (C=O) groups excluding carboxylic acids is 2. The SMILES string of the molecule is CN1C(=O)CSC1=NC(=O)Nc1c(F)cccc1Cl. The predicted octanol–water partition coefficient (Wildman–Crippen LogP) is 2.57. The molecule has 2 rings (SSSR count). The first-order valence-electron chi connectivity index (χ1n) is 5.22. The van der Waals surface area contributed by atoms with E-state index in [1.807, 2.05) is 0 Å². The lowest BCUT2D eigenvalue weighted by Gasteiger charge is -2.09. The third-order valence-corrected chi connectivity index (χ3v) is 3.71. The summed E-state index contributed by atoms with van der Waals surface area (Å²) in [4.78, 5) is 27.9. The van der Waals surface area contributed by atoms with Gasteiger partial charge in [-0.05, 0) is 12.1 Å². The molecule has 0 aromatic heterocycles. The van der Waals surface area contributed by atoms with Crippen molar-refractivity contribution in [3.8, 4) is 0 Å². The lowest BCUT2D eigenvalue weighted by atomic mass is 10.3. The Hall–Kier alpha value is -1.60. The van der Waals surface area contributed by atoms with Crippen LogP contribution in [0.5, 0.6) is 0 Å². The second-order valence-electron chi connectivity index (χ2n) is 3.66. The standard InChI is InChI=1S/C11H9ClFN3O2S/c1-16-8(17)5-19-11(16)15-10(18)14-9-6(12)3-2-4-7(9)13/h2-4H,5H2,1H3,(H,14,18). The van der Waals surface area contributed by atoms with Gasteiger partial charge in [-0.2, -0.15) is 4.99 Å². The Morgan fingerprint density at radius 2 is 2.32 bits per heavy atom. The second kappa shape index (κ2) is 5.58. The van der Waals surface area contributed by atoms with E-state index in [-0.39, 0.29) is 27.5 Å². The summed E-state index contributed by atoms with van der Waals surface area (Å²) in [5.41, 5.74) is -0.129. The van der Waals surface area contributed by atoms with Crippen LogP contribution >= 0.6 is 23.4 Å². The van der Waals surface area contributed by atoms with Gasteiger partial charge in [0.25, 0.3) is 0 Å². The van der Waals surface area contributed by atoms with Crippen molar-refractivity contribution in [3.05, 3.63) is 29.0 Å². The minimum absolute atomic E-state index is 0.0806. The van der Waals surface area contributed by atoms with Crippen LogP contribution in [0.3, 0.4) is 0 Å². The molecule has 1 aliphatic heterocycles. The molecule has 0 spiro atoms. The van der Waals surface area contributed by atoms with E-state index in [0.717, 1.165) is 11.8 Å². The van der Waals surface area contributed by atoms with Crippen molar-refractivity contribution in [2.45, 2.75) is 0 Å². The van der Waals surface area contributed by atoms with Crippen LogP contribution in [0.2, 0.25) is 5.02 Å².